The van der Waals surface area contributed by atoms with Gasteiger partial charge in [-0.1, -0.05) is 18.2 Å². The van der Waals surface area contributed by atoms with Crippen molar-refractivity contribution in [3.8, 4) is 11.5 Å². The van der Waals surface area contributed by atoms with Gasteiger partial charge in [0.15, 0.2) is 11.6 Å². The van der Waals surface area contributed by atoms with E-state index in [-0.39, 0.29) is 11.6 Å². The summed E-state index contributed by atoms with van der Waals surface area (Å²) in [5.41, 5.74) is 10.2. The van der Waals surface area contributed by atoms with Crippen LogP contribution in [0.25, 0.3) is 5.57 Å². The van der Waals surface area contributed by atoms with Gasteiger partial charge in [-0.2, -0.15) is 0 Å². The van der Waals surface area contributed by atoms with Gasteiger partial charge in [-0.15, -0.1) is 0 Å². The average Bonchev–Trinajstić information content (AvgIpc) is 2.49. The van der Waals surface area contributed by atoms with E-state index in [1.54, 1.807) is 6.07 Å². The molecule has 3 rings (SSSR count). The molecule has 0 radical (unpaired) electrons. The van der Waals surface area contributed by atoms with E-state index >= 15 is 0 Å². The topological polar surface area (TPSA) is 35.2 Å². The first-order valence-electron chi connectivity index (χ1n) is 7.14. The van der Waals surface area contributed by atoms with Crippen LogP contribution in [0.4, 0.5) is 4.39 Å². The third-order valence-corrected chi connectivity index (χ3v) is 3.76. The Morgan fingerprint density at radius 1 is 1.19 bits per heavy atom. The molecule has 2 aromatic carbocycles. The second-order valence-corrected chi connectivity index (χ2v) is 5.33. The Morgan fingerprint density at radius 2 is 2.05 bits per heavy atom. The van der Waals surface area contributed by atoms with E-state index in [1.807, 2.05) is 31.2 Å². The molecular formula is C18H18FNO. The van der Waals surface area contributed by atoms with Crippen molar-refractivity contribution in [2.24, 2.45) is 5.73 Å². The van der Waals surface area contributed by atoms with Crippen LogP contribution in [0.3, 0.4) is 0 Å². The predicted molar refractivity (Wildman–Crippen MR) is 83.0 cm³/mol. The number of halogens is 1. The van der Waals surface area contributed by atoms with Gasteiger partial charge in [-0.05, 0) is 66.3 Å². The number of rotatable bonds is 3. The number of aryl methyl sites for hydroxylation is 2. The highest BCUT2D eigenvalue weighted by Crippen LogP contribution is 2.31. The van der Waals surface area contributed by atoms with Crippen molar-refractivity contribution in [2.75, 3.05) is 6.54 Å². The summed E-state index contributed by atoms with van der Waals surface area (Å²) in [5, 5.41) is 0. The number of fused-ring (bicyclic) bond motifs is 1. The molecule has 0 unspecified atom stereocenters. The van der Waals surface area contributed by atoms with E-state index in [0.717, 1.165) is 18.4 Å². The zero-order chi connectivity index (χ0) is 14.8. The summed E-state index contributed by atoms with van der Waals surface area (Å²) in [6.07, 6.45) is 4.14. The second-order valence-electron chi connectivity index (χ2n) is 5.33. The zero-order valence-electron chi connectivity index (χ0n) is 12.0. The van der Waals surface area contributed by atoms with Gasteiger partial charge in [0, 0.05) is 6.54 Å². The van der Waals surface area contributed by atoms with Gasteiger partial charge in [0.05, 0.1) is 0 Å². The van der Waals surface area contributed by atoms with Gasteiger partial charge in [-0.3, -0.25) is 0 Å². The van der Waals surface area contributed by atoms with E-state index in [1.165, 1.54) is 22.8 Å². The first-order chi connectivity index (χ1) is 10.2. The Kier molecular flexibility index (Phi) is 3.76. The maximum atomic E-state index is 13.8. The molecule has 0 fully saturated rings. The van der Waals surface area contributed by atoms with Crippen molar-refractivity contribution in [3.63, 3.8) is 0 Å². The summed E-state index contributed by atoms with van der Waals surface area (Å²) >= 11 is 0. The van der Waals surface area contributed by atoms with E-state index < -0.39 is 0 Å². The molecule has 0 spiro atoms. The Morgan fingerprint density at radius 3 is 2.81 bits per heavy atom. The number of nitrogens with two attached hydrogens (primary N) is 1. The van der Waals surface area contributed by atoms with Gasteiger partial charge < -0.3 is 10.5 Å². The lowest BCUT2D eigenvalue weighted by Gasteiger charge is -2.18. The molecule has 0 saturated heterocycles. The molecule has 3 heteroatoms. The van der Waals surface area contributed by atoms with Gasteiger partial charge in [0.2, 0.25) is 0 Å². The Bertz CT molecular complexity index is 706. The second kappa shape index (κ2) is 5.70. The molecule has 0 bridgehead atoms. The van der Waals surface area contributed by atoms with Crippen LogP contribution in [0, 0.1) is 12.7 Å². The third kappa shape index (κ3) is 2.83. The van der Waals surface area contributed by atoms with Crippen LogP contribution < -0.4 is 10.5 Å². The van der Waals surface area contributed by atoms with Crippen LogP contribution in [-0.2, 0) is 6.42 Å². The molecule has 0 atom stereocenters. The summed E-state index contributed by atoms with van der Waals surface area (Å²) in [7, 11) is 0. The van der Waals surface area contributed by atoms with Crippen LogP contribution in [0.1, 0.15) is 23.1 Å². The van der Waals surface area contributed by atoms with Crippen LogP contribution in [0.5, 0.6) is 11.5 Å². The van der Waals surface area contributed by atoms with Crippen molar-refractivity contribution >= 4 is 5.57 Å². The number of allylic oxidation sites excluding steroid dienone is 1. The largest absolute Gasteiger partial charge is 0.454 e. The van der Waals surface area contributed by atoms with E-state index in [0.29, 0.717) is 12.3 Å². The maximum absolute atomic E-state index is 13.8. The lowest BCUT2D eigenvalue weighted by molar-refractivity contribution is 0.441. The summed E-state index contributed by atoms with van der Waals surface area (Å²) in [6.45, 7) is 2.40. The van der Waals surface area contributed by atoms with Crippen LogP contribution >= 0.6 is 0 Å². The normalized spacial score (nSPS) is 13.6. The smallest absolute Gasteiger partial charge is 0.165 e. The van der Waals surface area contributed by atoms with Crippen LogP contribution in [0.2, 0.25) is 0 Å². The van der Waals surface area contributed by atoms with Crippen molar-refractivity contribution in [1.29, 1.82) is 0 Å². The molecule has 2 aromatic rings. The van der Waals surface area contributed by atoms with Gasteiger partial charge in [-0.25, -0.2) is 4.39 Å². The lowest BCUT2D eigenvalue weighted by Crippen LogP contribution is -2.08. The summed E-state index contributed by atoms with van der Waals surface area (Å²) in [6, 6.07) is 10.8. The minimum atomic E-state index is -0.338. The van der Waals surface area contributed by atoms with Gasteiger partial charge in [0.25, 0.3) is 0 Å². The fourth-order valence-electron chi connectivity index (χ4n) is 2.67. The van der Waals surface area contributed by atoms with Crippen LogP contribution in [-0.4, -0.2) is 6.54 Å². The van der Waals surface area contributed by atoms with Crippen molar-refractivity contribution in [3.05, 3.63) is 65.0 Å². The van der Waals surface area contributed by atoms with Crippen molar-refractivity contribution in [1.82, 2.24) is 0 Å². The fraction of sp³-hybridized carbons (Fsp3) is 0.222. The fourth-order valence-corrected chi connectivity index (χ4v) is 2.67. The predicted octanol–water partition coefficient (Wildman–Crippen LogP) is 4.21. The molecular weight excluding hydrogens is 265 g/mol. The number of hydrogen-bond acceptors (Lipinski definition) is 2. The monoisotopic (exact) mass is 283 g/mol. The van der Waals surface area contributed by atoms with Gasteiger partial charge in [0.1, 0.15) is 5.75 Å². The molecule has 1 aliphatic rings. The highest BCUT2D eigenvalue weighted by Gasteiger charge is 2.13. The number of benzene rings is 2. The molecule has 0 aliphatic heterocycles. The minimum absolute atomic E-state index is 0.256. The maximum Gasteiger partial charge on any atom is 0.165 e. The minimum Gasteiger partial charge on any atom is -0.454 e. The molecule has 1 aliphatic carbocycles. The number of ether oxygens (including phenoxy) is 1. The highest BCUT2D eigenvalue weighted by molar-refractivity contribution is 5.72. The molecule has 108 valence electrons. The average molecular weight is 283 g/mol. The van der Waals surface area contributed by atoms with E-state index in [2.05, 4.69) is 6.08 Å². The van der Waals surface area contributed by atoms with E-state index in [4.69, 9.17) is 10.5 Å². The molecule has 21 heavy (non-hydrogen) atoms. The SMILES string of the molecule is Cc1ccc(Oc2ccc3c(c2)CCC=C3CN)c(F)c1. The Hall–Kier alpha value is -2.13. The first kappa shape index (κ1) is 13.8. The van der Waals surface area contributed by atoms with Crippen LogP contribution in [0.15, 0.2) is 42.5 Å². The molecule has 0 aromatic heterocycles. The Labute approximate surface area is 124 Å². The van der Waals surface area contributed by atoms with Crippen molar-refractivity contribution < 1.29 is 9.13 Å². The quantitative estimate of drug-likeness (QED) is 0.915. The summed E-state index contributed by atoms with van der Waals surface area (Å²) in [5.74, 6) is 0.580. The van der Waals surface area contributed by atoms with Gasteiger partial charge >= 0.3 is 0 Å². The standard InChI is InChI=1S/C18H18FNO/c1-12-5-8-18(17(19)9-12)21-15-6-7-16-13(10-15)3-2-4-14(16)11-20/h4-10H,2-3,11,20H2,1H3. The summed E-state index contributed by atoms with van der Waals surface area (Å²) in [4.78, 5) is 0. The summed E-state index contributed by atoms with van der Waals surface area (Å²) < 4.78 is 19.5. The zero-order valence-corrected chi connectivity index (χ0v) is 12.0. The van der Waals surface area contributed by atoms with E-state index in [9.17, 15) is 4.39 Å². The Balaban J connectivity index is 1.89. The molecule has 2 N–H and O–H groups in total. The molecule has 2 nitrogen and oxygen atoms in total. The molecule has 0 heterocycles. The molecule has 0 saturated carbocycles. The lowest BCUT2D eigenvalue weighted by atomic mass is 9.91. The van der Waals surface area contributed by atoms with Crippen molar-refractivity contribution in [2.45, 2.75) is 19.8 Å². The first-order valence-corrected chi connectivity index (χ1v) is 7.14. The highest BCUT2D eigenvalue weighted by atomic mass is 19.1. The third-order valence-electron chi connectivity index (χ3n) is 3.76. The molecule has 0 amide bonds. The number of hydrogen-bond donors (Lipinski definition) is 1.